The molecule has 0 spiro atoms. The van der Waals surface area contributed by atoms with Gasteiger partial charge in [0.15, 0.2) is 4.90 Å². The Labute approximate surface area is 183 Å². The average molecular weight is 463 g/mol. The summed E-state index contributed by atoms with van der Waals surface area (Å²) in [5.41, 5.74) is 2.89. The number of hydrogen-bond donors (Lipinski definition) is 0. The van der Waals surface area contributed by atoms with Gasteiger partial charge in [-0.05, 0) is 36.1 Å². The van der Waals surface area contributed by atoms with Gasteiger partial charge in [0.2, 0.25) is 10.0 Å². The molecule has 1 amide bonds. The van der Waals surface area contributed by atoms with Gasteiger partial charge in [-0.15, -0.1) is 11.3 Å². The highest BCUT2D eigenvalue weighted by Crippen LogP contribution is 2.30. The highest BCUT2D eigenvalue weighted by atomic mass is 32.2. The van der Waals surface area contributed by atoms with Crippen molar-refractivity contribution in [1.29, 1.82) is 0 Å². The van der Waals surface area contributed by atoms with Crippen molar-refractivity contribution in [1.82, 2.24) is 9.21 Å². The minimum absolute atomic E-state index is 0.0346. The van der Waals surface area contributed by atoms with Gasteiger partial charge in [-0.1, -0.05) is 35.9 Å². The van der Waals surface area contributed by atoms with Crippen molar-refractivity contribution in [2.24, 2.45) is 0 Å². The van der Waals surface area contributed by atoms with Crippen LogP contribution in [0.5, 0.6) is 0 Å². The molecule has 1 aliphatic rings. The number of benzene rings is 2. The fourth-order valence-electron chi connectivity index (χ4n) is 3.57. The summed E-state index contributed by atoms with van der Waals surface area (Å²) in [6.07, 6.45) is 0. The second-order valence-electron chi connectivity index (χ2n) is 7.28. The number of piperazine rings is 1. The first kappa shape index (κ1) is 21.6. The first-order valence-electron chi connectivity index (χ1n) is 9.67. The zero-order valence-corrected chi connectivity index (χ0v) is 18.3. The Kier molecular flexibility index (Phi) is 5.92. The van der Waals surface area contributed by atoms with E-state index in [1.165, 1.54) is 11.3 Å². The fraction of sp³-hybridized carbons (Fsp3) is 0.227. The molecular formula is C22H20F2N2O3S2. The second-order valence-corrected chi connectivity index (χ2v) is 10.1. The van der Waals surface area contributed by atoms with E-state index in [1.54, 1.807) is 4.90 Å². The van der Waals surface area contributed by atoms with Crippen molar-refractivity contribution >= 4 is 27.3 Å². The van der Waals surface area contributed by atoms with E-state index in [0.29, 0.717) is 4.88 Å². The van der Waals surface area contributed by atoms with Crippen molar-refractivity contribution in [2.45, 2.75) is 11.8 Å². The van der Waals surface area contributed by atoms with Crippen LogP contribution in [-0.4, -0.2) is 49.7 Å². The molecule has 2 heterocycles. The number of rotatable bonds is 4. The number of nitrogens with zero attached hydrogens (tertiary/aromatic N) is 2. The lowest BCUT2D eigenvalue weighted by molar-refractivity contribution is 0.0703. The summed E-state index contributed by atoms with van der Waals surface area (Å²) in [5, 5.41) is 1.85. The van der Waals surface area contributed by atoms with Crippen LogP contribution < -0.4 is 0 Å². The number of carbonyl (C=O) groups is 1. The average Bonchev–Trinajstić information content (AvgIpc) is 3.23. The van der Waals surface area contributed by atoms with Crippen molar-refractivity contribution < 1.29 is 22.0 Å². The summed E-state index contributed by atoms with van der Waals surface area (Å²) in [4.78, 5) is 14.3. The SMILES string of the molecule is Cc1ccc(-c2ccsc2C(=O)N2CCN(S(=O)(=O)c3c(F)cccc3F)CC2)cc1. The van der Waals surface area contributed by atoms with E-state index >= 15 is 0 Å². The molecule has 0 N–H and O–H groups in total. The molecule has 1 aromatic heterocycles. The molecule has 0 unspecified atom stereocenters. The Bertz CT molecular complexity index is 1200. The smallest absolute Gasteiger partial charge is 0.264 e. The zero-order valence-electron chi connectivity index (χ0n) is 16.7. The molecule has 3 aromatic rings. The van der Waals surface area contributed by atoms with Crippen LogP contribution in [0.15, 0.2) is 58.8 Å². The van der Waals surface area contributed by atoms with Crippen molar-refractivity contribution in [3.8, 4) is 11.1 Å². The fourth-order valence-corrected chi connectivity index (χ4v) is 5.98. The molecule has 1 aliphatic heterocycles. The normalized spacial score (nSPS) is 15.3. The van der Waals surface area contributed by atoms with Gasteiger partial charge < -0.3 is 4.90 Å². The van der Waals surface area contributed by atoms with Gasteiger partial charge in [-0.2, -0.15) is 4.31 Å². The summed E-state index contributed by atoms with van der Waals surface area (Å²) < 4.78 is 54.5. The molecule has 9 heteroatoms. The van der Waals surface area contributed by atoms with Crippen molar-refractivity contribution in [2.75, 3.05) is 26.2 Å². The Morgan fingerprint density at radius 2 is 1.55 bits per heavy atom. The number of amides is 1. The summed E-state index contributed by atoms with van der Waals surface area (Å²) in [6, 6.07) is 12.7. The number of sulfonamides is 1. The number of thiophene rings is 1. The van der Waals surface area contributed by atoms with Gasteiger partial charge in [0.05, 0.1) is 4.88 Å². The summed E-state index contributed by atoms with van der Waals surface area (Å²) in [7, 11) is -4.33. The first-order valence-corrected chi connectivity index (χ1v) is 12.0. The molecule has 1 saturated heterocycles. The lowest BCUT2D eigenvalue weighted by Gasteiger charge is -2.34. The Hall–Kier alpha value is -2.62. The van der Waals surface area contributed by atoms with Gasteiger partial charge >= 0.3 is 0 Å². The topological polar surface area (TPSA) is 57.7 Å². The molecule has 0 bridgehead atoms. The monoisotopic (exact) mass is 462 g/mol. The Balaban J connectivity index is 1.51. The number of halogens is 2. The molecule has 0 saturated carbocycles. The summed E-state index contributed by atoms with van der Waals surface area (Å²) >= 11 is 1.34. The van der Waals surface area contributed by atoms with Crippen LogP contribution in [0.2, 0.25) is 0 Å². The van der Waals surface area contributed by atoms with E-state index in [0.717, 1.165) is 39.2 Å². The molecule has 0 aliphatic carbocycles. The third-order valence-corrected chi connectivity index (χ3v) is 8.12. The molecule has 0 radical (unpaired) electrons. The largest absolute Gasteiger partial charge is 0.335 e. The molecular weight excluding hydrogens is 442 g/mol. The van der Waals surface area contributed by atoms with E-state index in [4.69, 9.17) is 0 Å². The van der Waals surface area contributed by atoms with Gasteiger partial charge in [0, 0.05) is 31.7 Å². The van der Waals surface area contributed by atoms with Gasteiger partial charge in [0.1, 0.15) is 11.6 Å². The molecule has 31 heavy (non-hydrogen) atoms. The van der Waals surface area contributed by atoms with Crippen LogP contribution >= 0.6 is 11.3 Å². The molecule has 0 atom stereocenters. The molecule has 162 valence electrons. The van der Waals surface area contributed by atoms with Crippen molar-refractivity contribution in [3.63, 3.8) is 0 Å². The predicted molar refractivity (Wildman–Crippen MR) is 116 cm³/mol. The number of aryl methyl sites for hydroxylation is 1. The van der Waals surface area contributed by atoms with E-state index < -0.39 is 26.6 Å². The molecule has 5 nitrogen and oxygen atoms in total. The van der Waals surface area contributed by atoms with Crippen LogP contribution in [0.1, 0.15) is 15.2 Å². The number of hydrogen-bond acceptors (Lipinski definition) is 4. The Morgan fingerprint density at radius 3 is 2.16 bits per heavy atom. The maximum absolute atomic E-state index is 14.0. The van der Waals surface area contributed by atoms with Gasteiger partial charge in [-0.3, -0.25) is 4.79 Å². The van der Waals surface area contributed by atoms with Crippen molar-refractivity contribution in [3.05, 3.63) is 76.0 Å². The molecule has 1 fully saturated rings. The Morgan fingerprint density at radius 1 is 0.935 bits per heavy atom. The third kappa shape index (κ3) is 4.13. The first-order chi connectivity index (χ1) is 14.8. The second kappa shape index (κ2) is 8.49. The van der Waals surface area contributed by atoms with Crippen LogP contribution in [0.3, 0.4) is 0 Å². The quantitative estimate of drug-likeness (QED) is 0.585. The van der Waals surface area contributed by atoms with Crippen LogP contribution in [0.25, 0.3) is 11.1 Å². The number of carbonyl (C=O) groups excluding carboxylic acids is 1. The summed E-state index contributed by atoms with van der Waals surface area (Å²) in [5.74, 6) is -2.43. The maximum atomic E-state index is 14.0. The minimum Gasteiger partial charge on any atom is -0.335 e. The molecule has 4 rings (SSSR count). The van der Waals surface area contributed by atoms with Gasteiger partial charge in [0.25, 0.3) is 5.91 Å². The van der Waals surface area contributed by atoms with E-state index in [1.807, 2.05) is 42.6 Å². The standard InChI is InChI=1S/C22H20F2N2O3S2/c1-15-5-7-16(8-6-15)17-9-14-30-20(17)22(27)25-10-12-26(13-11-25)31(28,29)21-18(23)3-2-4-19(21)24/h2-9,14H,10-13H2,1H3. The van der Waals surface area contributed by atoms with Gasteiger partial charge in [-0.25, -0.2) is 17.2 Å². The molecule has 2 aromatic carbocycles. The maximum Gasteiger partial charge on any atom is 0.264 e. The van der Waals surface area contributed by atoms with E-state index in [2.05, 4.69) is 0 Å². The van der Waals surface area contributed by atoms with Crippen LogP contribution in [0.4, 0.5) is 8.78 Å². The highest BCUT2D eigenvalue weighted by molar-refractivity contribution is 7.89. The van der Waals surface area contributed by atoms with Crippen LogP contribution in [-0.2, 0) is 10.0 Å². The highest BCUT2D eigenvalue weighted by Gasteiger charge is 2.34. The van der Waals surface area contributed by atoms with Crippen LogP contribution in [0, 0.1) is 18.6 Å². The minimum atomic E-state index is -4.33. The predicted octanol–water partition coefficient (Wildman–Crippen LogP) is 4.15. The van der Waals surface area contributed by atoms with E-state index in [-0.39, 0.29) is 32.1 Å². The lowest BCUT2D eigenvalue weighted by atomic mass is 10.0. The summed E-state index contributed by atoms with van der Waals surface area (Å²) in [6.45, 7) is 2.20. The zero-order chi connectivity index (χ0) is 22.2. The lowest BCUT2D eigenvalue weighted by Crippen LogP contribution is -2.50. The van der Waals surface area contributed by atoms with E-state index in [9.17, 15) is 22.0 Å². The third-order valence-electron chi connectivity index (χ3n) is 5.26.